The largest absolute Gasteiger partial charge is 0.373 e. The summed E-state index contributed by atoms with van der Waals surface area (Å²) in [5, 5.41) is 2.84. The van der Waals surface area contributed by atoms with Crippen LogP contribution in [0.4, 0.5) is 5.82 Å². The lowest BCUT2D eigenvalue weighted by atomic mass is 10.1. The van der Waals surface area contributed by atoms with Crippen LogP contribution < -0.4 is 10.2 Å². The standard InChI is InChI=1S/C19H22N4O2/c1-13-10-16-17(11-21-19(16)24)22-18(13)23-8-4-15(5-9-23)25-12-14-2-6-20-7-3-14/h2-3,6-7,10,15H,4-5,8-9,11-12H2,1H3,(H,21,24). The maximum Gasteiger partial charge on any atom is 0.253 e. The third kappa shape index (κ3) is 3.35. The van der Waals surface area contributed by atoms with Crippen molar-refractivity contribution in [1.82, 2.24) is 15.3 Å². The van der Waals surface area contributed by atoms with E-state index in [2.05, 4.69) is 15.2 Å². The molecule has 2 aliphatic rings. The van der Waals surface area contributed by atoms with Crippen molar-refractivity contribution < 1.29 is 9.53 Å². The third-order valence-electron chi connectivity index (χ3n) is 4.90. The van der Waals surface area contributed by atoms with E-state index in [1.165, 1.54) is 0 Å². The first-order valence-electron chi connectivity index (χ1n) is 8.75. The van der Waals surface area contributed by atoms with Crippen LogP contribution in [0.3, 0.4) is 0 Å². The molecule has 2 aromatic rings. The molecular weight excluding hydrogens is 316 g/mol. The summed E-state index contributed by atoms with van der Waals surface area (Å²) in [4.78, 5) is 22.8. The van der Waals surface area contributed by atoms with Gasteiger partial charge >= 0.3 is 0 Å². The van der Waals surface area contributed by atoms with Crippen molar-refractivity contribution in [2.24, 2.45) is 0 Å². The molecule has 0 bridgehead atoms. The zero-order chi connectivity index (χ0) is 17.2. The fourth-order valence-electron chi connectivity index (χ4n) is 3.48. The lowest BCUT2D eigenvalue weighted by molar-refractivity contribution is 0.0250. The Hall–Kier alpha value is -2.47. The smallest absolute Gasteiger partial charge is 0.253 e. The van der Waals surface area contributed by atoms with Gasteiger partial charge in [0.25, 0.3) is 5.91 Å². The Morgan fingerprint density at radius 2 is 2.04 bits per heavy atom. The molecule has 1 fully saturated rings. The van der Waals surface area contributed by atoms with E-state index in [9.17, 15) is 4.79 Å². The molecular formula is C19H22N4O2. The third-order valence-corrected chi connectivity index (χ3v) is 4.90. The first-order valence-corrected chi connectivity index (χ1v) is 8.75. The Balaban J connectivity index is 1.37. The summed E-state index contributed by atoms with van der Waals surface area (Å²) in [5.74, 6) is 0.989. The van der Waals surface area contributed by atoms with Crippen LogP contribution in [0.5, 0.6) is 0 Å². The maximum atomic E-state index is 11.8. The van der Waals surface area contributed by atoms with Gasteiger partial charge in [-0.1, -0.05) is 0 Å². The van der Waals surface area contributed by atoms with Crippen LogP contribution in [-0.4, -0.2) is 35.1 Å². The number of ether oxygens (including phenoxy) is 1. The molecule has 1 N–H and O–H groups in total. The number of nitrogens with one attached hydrogen (secondary N) is 1. The van der Waals surface area contributed by atoms with Gasteiger partial charge in [-0.2, -0.15) is 0 Å². The van der Waals surface area contributed by atoms with Gasteiger partial charge in [0.1, 0.15) is 5.82 Å². The predicted octanol–water partition coefficient (Wildman–Crippen LogP) is 2.21. The second-order valence-electron chi connectivity index (χ2n) is 6.66. The van der Waals surface area contributed by atoms with Crippen LogP contribution in [0.25, 0.3) is 0 Å². The monoisotopic (exact) mass is 338 g/mol. The van der Waals surface area contributed by atoms with E-state index in [0.717, 1.165) is 54.1 Å². The summed E-state index contributed by atoms with van der Waals surface area (Å²) < 4.78 is 6.04. The van der Waals surface area contributed by atoms with Crippen LogP contribution in [0.1, 0.15) is 40.0 Å². The molecule has 0 radical (unpaired) electrons. The minimum Gasteiger partial charge on any atom is -0.373 e. The Labute approximate surface area is 147 Å². The van der Waals surface area contributed by atoms with Crippen molar-refractivity contribution in [1.29, 1.82) is 0 Å². The van der Waals surface area contributed by atoms with Gasteiger partial charge in [-0.3, -0.25) is 9.78 Å². The second-order valence-corrected chi connectivity index (χ2v) is 6.66. The van der Waals surface area contributed by atoms with Crippen LogP contribution in [0.2, 0.25) is 0 Å². The molecule has 0 aromatic carbocycles. The number of hydrogen-bond acceptors (Lipinski definition) is 5. The topological polar surface area (TPSA) is 67.3 Å². The number of hydrogen-bond donors (Lipinski definition) is 1. The number of carbonyl (C=O) groups excluding carboxylic acids is 1. The fourth-order valence-corrected chi connectivity index (χ4v) is 3.48. The average molecular weight is 338 g/mol. The summed E-state index contributed by atoms with van der Waals surface area (Å²) in [6, 6.07) is 5.94. The number of nitrogens with zero attached hydrogens (tertiary/aromatic N) is 3. The van der Waals surface area contributed by atoms with Crippen molar-refractivity contribution >= 4 is 11.7 Å². The van der Waals surface area contributed by atoms with Gasteiger partial charge in [-0.05, 0) is 49.1 Å². The number of aromatic nitrogens is 2. The van der Waals surface area contributed by atoms with Crippen molar-refractivity contribution in [2.45, 2.75) is 39.0 Å². The molecule has 4 heterocycles. The van der Waals surface area contributed by atoms with Gasteiger partial charge in [-0.25, -0.2) is 4.98 Å². The van der Waals surface area contributed by atoms with Crippen LogP contribution >= 0.6 is 0 Å². The zero-order valence-electron chi connectivity index (χ0n) is 14.4. The highest BCUT2D eigenvalue weighted by atomic mass is 16.5. The molecule has 0 saturated carbocycles. The van der Waals surface area contributed by atoms with Crippen molar-refractivity contribution in [3.8, 4) is 0 Å². The number of aryl methyl sites for hydroxylation is 1. The van der Waals surface area contributed by atoms with E-state index in [4.69, 9.17) is 9.72 Å². The quantitative estimate of drug-likeness (QED) is 0.926. The van der Waals surface area contributed by atoms with Gasteiger partial charge < -0.3 is 15.0 Å². The molecule has 6 heteroatoms. The van der Waals surface area contributed by atoms with E-state index in [-0.39, 0.29) is 12.0 Å². The summed E-state index contributed by atoms with van der Waals surface area (Å²) >= 11 is 0. The normalized spacial score (nSPS) is 17.5. The Kier molecular flexibility index (Phi) is 4.36. The summed E-state index contributed by atoms with van der Waals surface area (Å²) in [6.45, 7) is 5.05. The molecule has 0 unspecified atom stereocenters. The number of carbonyl (C=O) groups is 1. The summed E-state index contributed by atoms with van der Waals surface area (Å²) in [6.07, 6.45) is 5.84. The number of anilines is 1. The van der Waals surface area contributed by atoms with Crippen LogP contribution in [-0.2, 0) is 17.9 Å². The van der Waals surface area contributed by atoms with Gasteiger partial charge in [0.2, 0.25) is 0 Å². The highest BCUT2D eigenvalue weighted by Gasteiger charge is 2.26. The lowest BCUT2D eigenvalue weighted by Crippen LogP contribution is -2.38. The van der Waals surface area contributed by atoms with Gasteiger partial charge in [0.15, 0.2) is 0 Å². The highest BCUT2D eigenvalue weighted by molar-refractivity contribution is 5.98. The molecule has 2 aromatic heterocycles. The number of piperidine rings is 1. The Morgan fingerprint density at radius 1 is 1.28 bits per heavy atom. The SMILES string of the molecule is Cc1cc2c(nc1N1CCC(OCc3ccncc3)CC1)CNC2=O. The van der Waals surface area contributed by atoms with Gasteiger partial charge in [-0.15, -0.1) is 0 Å². The number of fused-ring (bicyclic) bond motifs is 1. The molecule has 130 valence electrons. The van der Waals surface area contributed by atoms with E-state index in [1.54, 1.807) is 12.4 Å². The molecule has 2 aliphatic heterocycles. The summed E-state index contributed by atoms with van der Waals surface area (Å²) in [5.41, 5.74) is 3.80. The minimum absolute atomic E-state index is 0.0135. The maximum absolute atomic E-state index is 11.8. The molecule has 25 heavy (non-hydrogen) atoms. The van der Waals surface area contributed by atoms with Crippen molar-refractivity contribution in [3.05, 3.63) is 53.0 Å². The van der Waals surface area contributed by atoms with Crippen molar-refractivity contribution in [2.75, 3.05) is 18.0 Å². The summed E-state index contributed by atoms with van der Waals surface area (Å²) in [7, 11) is 0. The lowest BCUT2D eigenvalue weighted by Gasteiger charge is -2.33. The molecule has 1 saturated heterocycles. The van der Waals surface area contributed by atoms with E-state index >= 15 is 0 Å². The van der Waals surface area contributed by atoms with Crippen LogP contribution in [0.15, 0.2) is 30.6 Å². The molecule has 0 aliphatic carbocycles. The number of amides is 1. The van der Waals surface area contributed by atoms with Gasteiger partial charge in [0.05, 0.1) is 30.5 Å². The Morgan fingerprint density at radius 3 is 2.80 bits per heavy atom. The molecule has 4 rings (SSSR count). The highest BCUT2D eigenvalue weighted by Crippen LogP contribution is 2.27. The first kappa shape index (κ1) is 16.0. The minimum atomic E-state index is -0.0135. The van der Waals surface area contributed by atoms with Gasteiger partial charge in [0, 0.05) is 25.5 Å². The number of pyridine rings is 2. The molecule has 0 spiro atoms. The number of rotatable bonds is 4. The van der Waals surface area contributed by atoms with E-state index in [1.807, 2.05) is 25.1 Å². The van der Waals surface area contributed by atoms with Crippen LogP contribution in [0, 0.1) is 6.92 Å². The fraction of sp³-hybridized carbons (Fsp3) is 0.421. The molecule has 0 atom stereocenters. The Bertz CT molecular complexity index is 770. The predicted molar refractivity (Wildman–Crippen MR) is 94.4 cm³/mol. The first-order chi connectivity index (χ1) is 12.2. The molecule has 1 amide bonds. The van der Waals surface area contributed by atoms with E-state index < -0.39 is 0 Å². The molecule has 6 nitrogen and oxygen atoms in total. The average Bonchev–Trinajstić information content (AvgIpc) is 3.01. The van der Waals surface area contributed by atoms with E-state index in [0.29, 0.717) is 13.2 Å². The zero-order valence-corrected chi connectivity index (χ0v) is 14.4. The van der Waals surface area contributed by atoms with Crippen molar-refractivity contribution in [3.63, 3.8) is 0 Å². The second kappa shape index (κ2) is 6.80.